The van der Waals surface area contributed by atoms with Gasteiger partial charge in [-0.05, 0) is 50.2 Å². The standard InChI is InChI=1S/C21H20N2O4/c1-12-5-7-18-15(9-12)16(10-13(2)22-18)20(24)23-19-8-6-14(26-3)11-17(19)21(25)27-4/h5-11H,1-4H3,(H,23,24). The minimum absolute atomic E-state index is 0.219. The number of benzene rings is 2. The van der Waals surface area contributed by atoms with Gasteiger partial charge in [0.25, 0.3) is 5.91 Å². The Morgan fingerprint density at radius 3 is 2.44 bits per heavy atom. The molecule has 3 rings (SSSR count). The number of amides is 1. The molecule has 0 aliphatic rings. The average Bonchev–Trinajstić information content (AvgIpc) is 2.67. The Labute approximate surface area is 157 Å². The number of aryl methyl sites for hydroxylation is 2. The Morgan fingerprint density at radius 1 is 0.963 bits per heavy atom. The van der Waals surface area contributed by atoms with Crippen LogP contribution in [-0.4, -0.2) is 31.1 Å². The highest BCUT2D eigenvalue weighted by Crippen LogP contribution is 2.25. The third-order valence-electron chi connectivity index (χ3n) is 4.22. The number of aromatic nitrogens is 1. The molecule has 6 heteroatoms. The molecule has 1 heterocycles. The van der Waals surface area contributed by atoms with Crippen LogP contribution in [0.2, 0.25) is 0 Å². The monoisotopic (exact) mass is 364 g/mol. The lowest BCUT2D eigenvalue weighted by Crippen LogP contribution is -2.16. The van der Waals surface area contributed by atoms with Gasteiger partial charge in [-0.3, -0.25) is 9.78 Å². The second kappa shape index (κ2) is 7.45. The van der Waals surface area contributed by atoms with Gasteiger partial charge in [-0.15, -0.1) is 0 Å². The number of carbonyl (C=O) groups is 2. The fourth-order valence-corrected chi connectivity index (χ4v) is 2.89. The van der Waals surface area contributed by atoms with Crippen LogP contribution in [0.15, 0.2) is 42.5 Å². The van der Waals surface area contributed by atoms with Gasteiger partial charge in [-0.25, -0.2) is 4.79 Å². The van der Waals surface area contributed by atoms with Crippen molar-refractivity contribution >= 4 is 28.5 Å². The third kappa shape index (κ3) is 3.74. The average molecular weight is 364 g/mol. The molecule has 3 aromatic rings. The van der Waals surface area contributed by atoms with E-state index in [0.29, 0.717) is 17.0 Å². The van der Waals surface area contributed by atoms with E-state index in [0.717, 1.165) is 22.2 Å². The van der Waals surface area contributed by atoms with Gasteiger partial charge in [0.1, 0.15) is 5.75 Å². The molecule has 1 N–H and O–H groups in total. The predicted molar refractivity (Wildman–Crippen MR) is 104 cm³/mol. The summed E-state index contributed by atoms with van der Waals surface area (Å²) < 4.78 is 9.96. The lowest BCUT2D eigenvalue weighted by molar-refractivity contribution is 0.0601. The van der Waals surface area contributed by atoms with E-state index in [2.05, 4.69) is 10.3 Å². The quantitative estimate of drug-likeness (QED) is 0.711. The van der Waals surface area contributed by atoms with Gasteiger partial charge in [0, 0.05) is 11.1 Å². The summed E-state index contributed by atoms with van der Waals surface area (Å²) in [5.74, 6) is -0.392. The van der Waals surface area contributed by atoms with Crippen molar-refractivity contribution in [3.05, 3.63) is 64.8 Å². The highest BCUT2D eigenvalue weighted by Gasteiger charge is 2.18. The third-order valence-corrected chi connectivity index (χ3v) is 4.22. The van der Waals surface area contributed by atoms with Crippen molar-refractivity contribution in [1.29, 1.82) is 0 Å². The lowest BCUT2D eigenvalue weighted by Gasteiger charge is -2.13. The maximum absolute atomic E-state index is 13.0. The number of pyridine rings is 1. The molecule has 0 saturated carbocycles. The fourth-order valence-electron chi connectivity index (χ4n) is 2.89. The zero-order chi connectivity index (χ0) is 19.6. The first kappa shape index (κ1) is 18.4. The smallest absolute Gasteiger partial charge is 0.340 e. The van der Waals surface area contributed by atoms with Gasteiger partial charge in [-0.2, -0.15) is 0 Å². The topological polar surface area (TPSA) is 77.5 Å². The molecule has 2 aromatic carbocycles. The highest BCUT2D eigenvalue weighted by molar-refractivity contribution is 6.14. The van der Waals surface area contributed by atoms with Crippen LogP contribution in [0.5, 0.6) is 5.75 Å². The number of hydrogen-bond acceptors (Lipinski definition) is 5. The molecule has 6 nitrogen and oxygen atoms in total. The number of anilines is 1. The summed E-state index contributed by atoms with van der Waals surface area (Å²) in [6.07, 6.45) is 0. The number of ether oxygens (including phenoxy) is 2. The summed E-state index contributed by atoms with van der Waals surface area (Å²) in [5, 5.41) is 3.56. The van der Waals surface area contributed by atoms with Crippen LogP contribution in [0.25, 0.3) is 10.9 Å². The second-order valence-electron chi connectivity index (χ2n) is 6.19. The van der Waals surface area contributed by atoms with Crippen LogP contribution >= 0.6 is 0 Å². The van der Waals surface area contributed by atoms with Crippen LogP contribution in [-0.2, 0) is 4.74 Å². The van der Waals surface area contributed by atoms with Crippen molar-refractivity contribution < 1.29 is 19.1 Å². The second-order valence-corrected chi connectivity index (χ2v) is 6.19. The molecule has 0 bridgehead atoms. The van der Waals surface area contributed by atoms with Gasteiger partial charge < -0.3 is 14.8 Å². The number of esters is 1. The van der Waals surface area contributed by atoms with Crippen molar-refractivity contribution in [3.8, 4) is 5.75 Å². The Bertz CT molecular complexity index is 1040. The molecule has 0 aliphatic carbocycles. The molecule has 0 aliphatic heterocycles. The minimum atomic E-state index is -0.559. The van der Waals surface area contributed by atoms with E-state index < -0.39 is 5.97 Å². The van der Waals surface area contributed by atoms with Crippen LogP contribution < -0.4 is 10.1 Å². The SMILES string of the molecule is COC(=O)c1cc(OC)ccc1NC(=O)c1cc(C)nc2ccc(C)cc12. The van der Waals surface area contributed by atoms with E-state index >= 15 is 0 Å². The van der Waals surface area contributed by atoms with Gasteiger partial charge in [0.2, 0.25) is 0 Å². The van der Waals surface area contributed by atoms with E-state index in [1.165, 1.54) is 20.3 Å². The van der Waals surface area contributed by atoms with Crippen LogP contribution in [0.1, 0.15) is 32.0 Å². The number of carbonyl (C=O) groups excluding carboxylic acids is 2. The molecular formula is C21H20N2O4. The molecule has 0 saturated heterocycles. The van der Waals surface area contributed by atoms with Gasteiger partial charge in [-0.1, -0.05) is 11.6 Å². The summed E-state index contributed by atoms with van der Waals surface area (Å²) >= 11 is 0. The summed E-state index contributed by atoms with van der Waals surface area (Å²) in [5.41, 5.74) is 3.57. The molecule has 0 unspecified atom stereocenters. The highest BCUT2D eigenvalue weighted by atomic mass is 16.5. The lowest BCUT2D eigenvalue weighted by atomic mass is 10.0. The van der Waals surface area contributed by atoms with Crippen LogP contribution in [0.4, 0.5) is 5.69 Å². The summed E-state index contributed by atoms with van der Waals surface area (Å²) in [6.45, 7) is 3.79. The molecule has 0 spiro atoms. The summed E-state index contributed by atoms with van der Waals surface area (Å²) in [6, 6.07) is 12.3. The van der Waals surface area contributed by atoms with Gasteiger partial charge in [0.05, 0.1) is 36.6 Å². The van der Waals surface area contributed by atoms with Crippen LogP contribution in [0, 0.1) is 13.8 Å². The van der Waals surface area contributed by atoms with Gasteiger partial charge in [0.15, 0.2) is 0 Å². The zero-order valence-electron chi connectivity index (χ0n) is 15.6. The number of hydrogen-bond donors (Lipinski definition) is 1. The normalized spacial score (nSPS) is 10.5. The van der Waals surface area contributed by atoms with E-state index in [4.69, 9.17) is 9.47 Å². The van der Waals surface area contributed by atoms with E-state index in [9.17, 15) is 9.59 Å². The minimum Gasteiger partial charge on any atom is -0.497 e. The van der Waals surface area contributed by atoms with Crippen molar-refractivity contribution in [2.75, 3.05) is 19.5 Å². The van der Waals surface area contributed by atoms with Crippen molar-refractivity contribution in [2.45, 2.75) is 13.8 Å². The van der Waals surface area contributed by atoms with E-state index in [1.54, 1.807) is 18.2 Å². The Hall–Kier alpha value is -3.41. The molecule has 138 valence electrons. The first-order chi connectivity index (χ1) is 12.9. The van der Waals surface area contributed by atoms with Crippen molar-refractivity contribution in [2.24, 2.45) is 0 Å². The molecule has 1 amide bonds. The molecule has 1 aromatic heterocycles. The summed E-state index contributed by atoms with van der Waals surface area (Å²) in [7, 11) is 2.79. The molecule has 0 atom stereocenters. The number of methoxy groups -OCH3 is 2. The van der Waals surface area contributed by atoms with E-state index in [-0.39, 0.29) is 11.5 Å². The Kier molecular flexibility index (Phi) is 5.07. The van der Waals surface area contributed by atoms with Crippen molar-refractivity contribution in [1.82, 2.24) is 4.98 Å². The molecular weight excluding hydrogens is 344 g/mol. The number of rotatable bonds is 4. The molecule has 0 fully saturated rings. The van der Waals surface area contributed by atoms with Gasteiger partial charge >= 0.3 is 5.97 Å². The Morgan fingerprint density at radius 2 is 1.74 bits per heavy atom. The molecule has 0 radical (unpaired) electrons. The first-order valence-corrected chi connectivity index (χ1v) is 8.38. The largest absolute Gasteiger partial charge is 0.497 e. The number of fused-ring (bicyclic) bond motifs is 1. The van der Waals surface area contributed by atoms with Crippen LogP contribution in [0.3, 0.4) is 0 Å². The zero-order valence-corrected chi connectivity index (χ0v) is 15.6. The fraction of sp³-hybridized carbons (Fsp3) is 0.190. The number of nitrogens with one attached hydrogen (secondary N) is 1. The number of nitrogens with zero attached hydrogens (tertiary/aromatic N) is 1. The predicted octanol–water partition coefficient (Wildman–Crippen LogP) is 3.90. The maximum Gasteiger partial charge on any atom is 0.340 e. The van der Waals surface area contributed by atoms with E-state index in [1.807, 2.05) is 32.0 Å². The van der Waals surface area contributed by atoms with Crippen molar-refractivity contribution in [3.63, 3.8) is 0 Å². The molecule has 27 heavy (non-hydrogen) atoms. The summed E-state index contributed by atoms with van der Waals surface area (Å²) in [4.78, 5) is 29.6. The Balaban J connectivity index is 2.05. The maximum atomic E-state index is 13.0. The first-order valence-electron chi connectivity index (χ1n) is 8.38.